The number of carbonyl (C=O) groups is 1. The van der Waals surface area contributed by atoms with Gasteiger partial charge in [-0.2, -0.15) is 0 Å². The maximum absolute atomic E-state index is 12.2. The summed E-state index contributed by atoms with van der Waals surface area (Å²) < 4.78 is 11.4. The number of nitrogens with zero attached hydrogens (tertiary/aromatic N) is 1. The summed E-state index contributed by atoms with van der Waals surface area (Å²) in [5, 5.41) is 3.07. The van der Waals surface area contributed by atoms with Gasteiger partial charge in [0.05, 0.1) is 0 Å². The zero-order valence-electron chi connectivity index (χ0n) is 18.7. The second-order valence-corrected chi connectivity index (χ2v) is 8.99. The summed E-state index contributed by atoms with van der Waals surface area (Å²) in [5.41, 5.74) is 1.09. The van der Waals surface area contributed by atoms with Crippen molar-refractivity contribution < 1.29 is 14.3 Å². The molecule has 5 heteroatoms. The van der Waals surface area contributed by atoms with Crippen molar-refractivity contribution in [2.24, 2.45) is 5.92 Å². The number of carbonyl (C=O) groups excluding carboxylic acids is 1. The number of ether oxygens (including phenoxy) is 2. The van der Waals surface area contributed by atoms with Gasteiger partial charge in [-0.15, -0.1) is 0 Å². The molecule has 0 bridgehead atoms. The minimum Gasteiger partial charge on any atom is -0.492 e. The molecule has 1 amide bonds. The fourth-order valence-corrected chi connectivity index (χ4v) is 4.68. The van der Waals surface area contributed by atoms with Gasteiger partial charge in [0.2, 0.25) is 5.91 Å². The highest BCUT2D eigenvalue weighted by Gasteiger charge is 2.18. The second kappa shape index (κ2) is 13.0. The SMILES string of the molecule is CN(CCOc1cccc(CNC(=O)CCCC2CCCCC2)c1)C1CCOCC1. The van der Waals surface area contributed by atoms with Crippen molar-refractivity contribution >= 4 is 5.91 Å². The Bertz CT molecular complexity index is 625. The van der Waals surface area contributed by atoms with Crippen LogP contribution in [0.15, 0.2) is 24.3 Å². The van der Waals surface area contributed by atoms with Crippen LogP contribution in [0.3, 0.4) is 0 Å². The fraction of sp³-hybridized carbons (Fsp3) is 0.720. The molecule has 1 saturated carbocycles. The molecular weight excluding hydrogens is 376 g/mol. The molecule has 3 rings (SSSR count). The monoisotopic (exact) mass is 416 g/mol. The Balaban J connectivity index is 1.30. The van der Waals surface area contributed by atoms with Gasteiger partial charge in [-0.1, -0.05) is 44.2 Å². The third-order valence-electron chi connectivity index (χ3n) is 6.66. The lowest BCUT2D eigenvalue weighted by Crippen LogP contribution is -2.38. The molecule has 5 nitrogen and oxygen atoms in total. The van der Waals surface area contributed by atoms with Crippen molar-refractivity contribution in [2.45, 2.75) is 76.8 Å². The summed E-state index contributed by atoms with van der Waals surface area (Å²) in [6.07, 6.45) is 11.9. The average Bonchev–Trinajstić information content (AvgIpc) is 2.79. The van der Waals surface area contributed by atoms with Crippen molar-refractivity contribution in [1.82, 2.24) is 10.2 Å². The molecule has 0 aromatic heterocycles. The second-order valence-electron chi connectivity index (χ2n) is 8.99. The van der Waals surface area contributed by atoms with Crippen LogP contribution in [-0.2, 0) is 16.1 Å². The van der Waals surface area contributed by atoms with E-state index in [2.05, 4.69) is 17.3 Å². The Morgan fingerprint density at radius 1 is 1.17 bits per heavy atom. The predicted molar refractivity (Wildman–Crippen MR) is 121 cm³/mol. The molecule has 2 fully saturated rings. The van der Waals surface area contributed by atoms with Gasteiger partial charge < -0.3 is 14.8 Å². The van der Waals surface area contributed by atoms with Gasteiger partial charge in [-0.3, -0.25) is 9.69 Å². The lowest BCUT2D eigenvalue weighted by atomic mass is 9.86. The van der Waals surface area contributed by atoms with Crippen molar-refractivity contribution in [1.29, 1.82) is 0 Å². The van der Waals surface area contributed by atoms with E-state index in [1.807, 2.05) is 24.3 Å². The zero-order chi connectivity index (χ0) is 21.0. The number of nitrogens with one attached hydrogen (secondary N) is 1. The first kappa shape index (κ1) is 23.1. The smallest absolute Gasteiger partial charge is 0.220 e. The average molecular weight is 417 g/mol. The topological polar surface area (TPSA) is 50.8 Å². The van der Waals surface area contributed by atoms with Crippen molar-refractivity contribution in [3.05, 3.63) is 29.8 Å². The predicted octanol–water partition coefficient (Wildman–Crippen LogP) is 4.54. The Labute approximate surface area is 182 Å². The molecule has 1 aliphatic carbocycles. The standard InChI is InChI=1S/C25H40N2O3/c1-27(23-13-16-29-17-14-23)15-18-30-24-11-5-10-22(19-24)20-26-25(28)12-6-9-21-7-3-2-4-8-21/h5,10-11,19,21,23H,2-4,6-9,12-18,20H2,1H3,(H,26,28). The minimum atomic E-state index is 0.162. The summed E-state index contributed by atoms with van der Waals surface area (Å²) in [4.78, 5) is 14.6. The van der Waals surface area contributed by atoms with E-state index >= 15 is 0 Å². The molecule has 0 radical (unpaired) electrons. The zero-order valence-corrected chi connectivity index (χ0v) is 18.7. The van der Waals surface area contributed by atoms with Crippen molar-refractivity contribution in [3.8, 4) is 5.75 Å². The Morgan fingerprint density at radius 2 is 1.97 bits per heavy atom. The van der Waals surface area contributed by atoms with Gasteiger partial charge in [0, 0.05) is 38.8 Å². The normalized spacial score (nSPS) is 18.5. The Morgan fingerprint density at radius 3 is 2.77 bits per heavy atom. The van der Waals surface area contributed by atoms with Gasteiger partial charge in [0.1, 0.15) is 12.4 Å². The molecular formula is C25H40N2O3. The first-order chi connectivity index (χ1) is 14.7. The first-order valence-corrected chi connectivity index (χ1v) is 12.0. The number of rotatable bonds is 11. The molecule has 2 aliphatic rings. The number of likely N-dealkylation sites (N-methyl/N-ethyl adjacent to an activating group) is 1. The van der Waals surface area contributed by atoms with E-state index in [9.17, 15) is 4.79 Å². The molecule has 1 aromatic rings. The minimum absolute atomic E-state index is 0.162. The highest BCUT2D eigenvalue weighted by Crippen LogP contribution is 2.27. The lowest BCUT2D eigenvalue weighted by molar-refractivity contribution is -0.121. The highest BCUT2D eigenvalue weighted by molar-refractivity contribution is 5.75. The third-order valence-corrected chi connectivity index (χ3v) is 6.66. The van der Waals surface area contributed by atoms with Gasteiger partial charge in [-0.05, 0) is 56.3 Å². The van der Waals surface area contributed by atoms with Gasteiger partial charge in [-0.25, -0.2) is 0 Å². The first-order valence-electron chi connectivity index (χ1n) is 12.0. The van der Waals surface area contributed by atoms with Crippen LogP contribution in [0.5, 0.6) is 5.75 Å². The van der Waals surface area contributed by atoms with E-state index < -0.39 is 0 Å². The van der Waals surface area contributed by atoms with Crippen LogP contribution in [-0.4, -0.2) is 50.3 Å². The van der Waals surface area contributed by atoms with E-state index in [0.29, 0.717) is 25.6 Å². The molecule has 30 heavy (non-hydrogen) atoms. The van der Waals surface area contributed by atoms with Crippen LogP contribution < -0.4 is 10.1 Å². The lowest BCUT2D eigenvalue weighted by Gasteiger charge is -2.31. The van der Waals surface area contributed by atoms with Crippen LogP contribution >= 0.6 is 0 Å². The summed E-state index contributed by atoms with van der Waals surface area (Å²) >= 11 is 0. The molecule has 1 saturated heterocycles. The van der Waals surface area contributed by atoms with E-state index in [0.717, 1.165) is 56.3 Å². The quantitative estimate of drug-likeness (QED) is 0.575. The van der Waals surface area contributed by atoms with Gasteiger partial charge in [0.15, 0.2) is 0 Å². The molecule has 0 unspecified atom stereocenters. The number of benzene rings is 1. The Kier molecular flexibility index (Phi) is 9.97. The van der Waals surface area contributed by atoms with E-state index in [-0.39, 0.29) is 5.91 Å². The van der Waals surface area contributed by atoms with Crippen LogP contribution in [0.2, 0.25) is 0 Å². The maximum atomic E-state index is 12.2. The molecule has 0 atom stereocenters. The molecule has 1 aromatic carbocycles. The molecule has 0 spiro atoms. The van der Waals surface area contributed by atoms with E-state index in [1.54, 1.807) is 0 Å². The van der Waals surface area contributed by atoms with Crippen LogP contribution in [0, 0.1) is 5.92 Å². The summed E-state index contributed by atoms with van der Waals surface area (Å²) in [6.45, 7) is 3.88. The highest BCUT2D eigenvalue weighted by atomic mass is 16.5. The molecule has 168 valence electrons. The fourth-order valence-electron chi connectivity index (χ4n) is 4.68. The van der Waals surface area contributed by atoms with Crippen LogP contribution in [0.4, 0.5) is 0 Å². The maximum Gasteiger partial charge on any atom is 0.220 e. The molecule has 1 aliphatic heterocycles. The van der Waals surface area contributed by atoms with Crippen molar-refractivity contribution in [3.63, 3.8) is 0 Å². The third kappa shape index (κ3) is 8.27. The molecule has 1 N–H and O–H groups in total. The summed E-state index contributed by atoms with van der Waals surface area (Å²) in [6, 6.07) is 8.67. The number of hydrogen-bond donors (Lipinski definition) is 1. The van der Waals surface area contributed by atoms with Gasteiger partial charge >= 0.3 is 0 Å². The van der Waals surface area contributed by atoms with E-state index in [1.165, 1.54) is 38.5 Å². The molecule has 1 heterocycles. The summed E-state index contributed by atoms with van der Waals surface area (Å²) in [7, 11) is 2.17. The van der Waals surface area contributed by atoms with Gasteiger partial charge in [0.25, 0.3) is 0 Å². The number of hydrogen-bond acceptors (Lipinski definition) is 4. The largest absolute Gasteiger partial charge is 0.492 e. The van der Waals surface area contributed by atoms with Crippen LogP contribution in [0.1, 0.15) is 69.8 Å². The van der Waals surface area contributed by atoms with Crippen LogP contribution in [0.25, 0.3) is 0 Å². The summed E-state index contributed by atoms with van der Waals surface area (Å²) in [5.74, 6) is 1.89. The van der Waals surface area contributed by atoms with E-state index in [4.69, 9.17) is 9.47 Å². The van der Waals surface area contributed by atoms with Crippen molar-refractivity contribution in [2.75, 3.05) is 33.4 Å². The number of amides is 1. The Hall–Kier alpha value is -1.59.